The van der Waals surface area contributed by atoms with Crippen molar-refractivity contribution in [3.05, 3.63) is 28.8 Å². The van der Waals surface area contributed by atoms with Gasteiger partial charge < -0.3 is 15.3 Å². The molecular formula is C14H19ClN2OS. The summed E-state index contributed by atoms with van der Waals surface area (Å²) in [7, 11) is 0. The van der Waals surface area contributed by atoms with Crippen LogP contribution >= 0.6 is 23.8 Å². The molecule has 1 fully saturated rings. The Labute approximate surface area is 124 Å². The molecule has 3 nitrogen and oxygen atoms in total. The van der Waals surface area contributed by atoms with Crippen LogP contribution in [-0.2, 0) is 0 Å². The lowest BCUT2D eigenvalue weighted by atomic mass is 9.99. The van der Waals surface area contributed by atoms with Crippen LogP contribution in [0.2, 0.25) is 5.02 Å². The van der Waals surface area contributed by atoms with E-state index in [1.165, 1.54) is 0 Å². The van der Waals surface area contributed by atoms with E-state index in [0.717, 1.165) is 42.2 Å². The summed E-state index contributed by atoms with van der Waals surface area (Å²) in [5.74, 6) is 0.329. The summed E-state index contributed by atoms with van der Waals surface area (Å²) in [6.07, 6.45) is 2.15. The number of halogens is 1. The van der Waals surface area contributed by atoms with Gasteiger partial charge in [-0.1, -0.05) is 17.7 Å². The highest BCUT2D eigenvalue weighted by Gasteiger charge is 2.21. The first-order chi connectivity index (χ1) is 9.10. The predicted molar refractivity (Wildman–Crippen MR) is 83.8 cm³/mol. The van der Waals surface area contributed by atoms with Gasteiger partial charge in [0.2, 0.25) is 0 Å². The van der Waals surface area contributed by atoms with E-state index in [1.807, 2.05) is 25.1 Å². The molecule has 0 amide bonds. The number of aryl methyl sites for hydroxylation is 1. The zero-order valence-electron chi connectivity index (χ0n) is 11.0. The Balaban J connectivity index is 1.98. The van der Waals surface area contributed by atoms with Crippen LogP contribution in [-0.4, -0.2) is 34.8 Å². The molecule has 1 heterocycles. The van der Waals surface area contributed by atoms with Gasteiger partial charge in [0.1, 0.15) is 0 Å². The van der Waals surface area contributed by atoms with Crippen molar-refractivity contribution in [3.8, 4) is 0 Å². The van der Waals surface area contributed by atoms with Crippen LogP contribution in [0.3, 0.4) is 0 Å². The van der Waals surface area contributed by atoms with Crippen molar-refractivity contribution >= 4 is 34.6 Å². The maximum atomic E-state index is 9.24. The van der Waals surface area contributed by atoms with Gasteiger partial charge in [-0.3, -0.25) is 0 Å². The quantitative estimate of drug-likeness (QED) is 0.823. The van der Waals surface area contributed by atoms with Crippen LogP contribution in [0.5, 0.6) is 0 Å². The summed E-state index contributed by atoms with van der Waals surface area (Å²) in [5, 5.41) is 13.9. The molecule has 0 radical (unpaired) electrons. The molecule has 1 aliphatic rings. The number of anilines is 1. The highest BCUT2D eigenvalue weighted by molar-refractivity contribution is 7.80. The van der Waals surface area contributed by atoms with Crippen molar-refractivity contribution in [3.63, 3.8) is 0 Å². The van der Waals surface area contributed by atoms with Gasteiger partial charge in [-0.25, -0.2) is 0 Å². The van der Waals surface area contributed by atoms with Crippen LogP contribution in [0.25, 0.3) is 0 Å². The van der Waals surface area contributed by atoms with Crippen molar-refractivity contribution in [2.24, 2.45) is 5.92 Å². The normalized spacial score (nSPS) is 19.3. The molecule has 1 saturated heterocycles. The van der Waals surface area contributed by atoms with Crippen LogP contribution in [0.4, 0.5) is 5.69 Å². The molecule has 0 aliphatic carbocycles. The number of aliphatic hydroxyl groups excluding tert-OH is 1. The second-order valence-corrected chi connectivity index (χ2v) is 5.82. The molecule has 19 heavy (non-hydrogen) atoms. The summed E-state index contributed by atoms with van der Waals surface area (Å²) >= 11 is 11.5. The molecule has 2 rings (SSSR count). The molecule has 1 atom stereocenters. The van der Waals surface area contributed by atoms with Gasteiger partial charge in [-0.05, 0) is 55.6 Å². The van der Waals surface area contributed by atoms with Crippen molar-refractivity contribution in [2.75, 3.05) is 25.0 Å². The Morgan fingerprint density at radius 2 is 2.37 bits per heavy atom. The topological polar surface area (TPSA) is 35.5 Å². The highest BCUT2D eigenvalue weighted by atomic mass is 35.5. The van der Waals surface area contributed by atoms with Gasteiger partial charge in [-0.2, -0.15) is 0 Å². The molecule has 0 spiro atoms. The molecule has 0 saturated carbocycles. The van der Waals surface area contributed by atoms with Crippen molar-refractivity contribution in [2.45, 2.75) is 19.8 Å². The fourth-order valence-corrected chi connectivity index (χ4v) is 2.74. The number of hydrogen-bond acceptors (Lipinski definition) is 2. The van der Waals surface area contributed by atoms with Crippen LogP contribution < -0.4 is 5.32 Å². The van der Waals surface area contributed by atoms with Crippen molar-refractivity contribution in [1.82, 2.24) is 4.90 Å². The van der Waals surface area contributed by atoms with E-state index in [2.05, 4.69) is 10.2 Å². The van der Waals surface area contributed by atoms with Crippen molar-refractivity contribution in [1.29, 1.82) is 0 Å². The monoisotopic (exact) mass is 298 g/mol. The molecule has 2 N–H and O–H groups in total. The average Bonchev–Trinajstić information content (AvgIpc) is 2.43. The molecule has 0 aromatic heterocycles. The van der Waals surface area contributed by atoms with Crippen LogP contribution in [0.1, 0.15) is 18.4 Å². The standard InChI is InChI=1S/C14H19ClN2OS/c1-10-4-5-12(7-13(10)15)16-14(19)17-6-2-3-11(8-17)9-18/h4-5,7,11,18H,2-3,6,8-9H2,1H3,(H,16,19)/t11-/m1/s1. The highest BCUT2D eigenvalue weighted by Crippen LogP contribution is 2.21. The summed E-state index contributed by atoms with van der Waals surface area (Å²) in [6, 6.07) is 5.83. The average molecular weight is 299 g/mol. The zero-order chi connectivity index (χ0) is 13.8. The first-order valence-electron chi connectivity index (χ1n) is 6.53. The lowest BCUT2D eigenvalue weighted by molar-refractivity contribution is 0.162. The van der Waals surface area contributed by atoms with E-state index in [0.29, 0.717) is 11.0 Å². The number of thiocarbonyl (C=S) groups is 1. The number of nitrogens with one attached hydrogen (secondary N) is 1. The molecule has 104 valence electrons. The van der Waals surface area contributed by atoms with Gasteiger partial charge in [0.05, 0.1) is 0 Å². The van der Waals surface area contributed by atoms with E-state index in [4.69, 9.17) is 23.8 Å². The lowest BCUT2D eigenvalue weighted by Gasteiger charge is -2.33. The Kier molecular flexibility index (Phi) is 5.02. The molecule has 5 heteroatoms. The number of piperidine rings is 1. The van der Waals surface area contributed by atoms with E-state index < -0.39 is 0 Å². The molecule has 1 aromatic carbocycles. The third-order valence-electron chi connectivity index (χ3n) is 3.49. The van der Waals surface area contributed by atoms with E-state index >= 15 is 0 Å². The summed E-state index contributed by atoms with van der Waals surface area (Å²) in [4.78, 5) is 2.12. The minimum atomic E-state index is 0.232. The number of hydrogen-bond donors (Lipinski definition) is 2. The summed E-state index contributed by atoms with van der Waals surface area (Å²) in [5.41, 5.74) is 1.96. The second-order valence-electron chi connectivity index (χ2n) is 5.03. The van der Waals surface area contributed by atoms with Crippen molar-refractivity contribution < 1.29 is 5.11 Å². The fraction of sp³-hybridized carbons (Fsp3) is 0.500. The molecular weight excluding hydrogens is 280 g/mol. The maximum Gasteiger partial charge on any atom is 0.173 e. The largest absolute Gasteiger partial charge is 0.396 e. The van der Waals surface area contributed by atoms with E-state index in [9.17, 15) is 5.11 Å². The number of rotatable bonds is 2. The van der Waals surface area contributed by atoms with Gasteiger partial charge >= 0.3 is 0 Å². The Morgan fingerprint density at radius 3 is 3.05 bits per heavy atom. The third-order valence-corrected chi connectivity index (χ3v) is 4.25. The van der Waals surface area contributed by atoms with E-state index in [1.54, 1.807) is 0 Å². The lowest BCUT2D eigenvalue weighted by Crippen LogP contribution is -2.43. The van der Waals surface area contributed by atoms with Gasteiger partial charge in [0.25, 0.3) is 0 Å². The number of aliphatic hydroxyl groups is 1. The van der Waals surface area contributed by atoms with Crippen LogP contribution in [0, 0.1) is 12.8 Å². The van der Waals surface area contributed by atoms with E-state index in [-0.39, 0.29) is 6.61 Å². The summed E-state index contributed by atoms with van der Waals surface area (Å²) in [6.45, 7) is 3.97. The zero-order valence-corrected chi connectivity index (χ0v) is 12.6. The van der Waals surface area contributed by atoms with Gasteiger partial charge in [0, 0.05) is 30.4 Å². The smallest absolute Gasteiger partial charge is 0.173 e. The van der Waals surface area contributed by atoms with Gasteiger partial charge in [0.15, 0.2) is 5.11 Å². The molecule has 0 unspecified atom stereocenters. The Hall–Kier alpha value is -0.840. The SMILES string of the molecule is Cc1ccc(NC(=S)N2CCC[C@@H](CO)C2)cc1Cl. The Morgan fingerprint density at radius 1 is 1.58 bits per heavy atom. The maximum absolute atomic E-state index is 9.24. The Bertz CT molecular complexity index is 467. The third kappa shape index (κ3) is 3.81. The molecule has 0 bridgehead atoms. The minimum absolute atomic E-state index is 0.232. The number of nitrogens with zero attached hydrogens (tertiary/aromatic N) is 1. The fourth-order valence-electron chi connectivity index (χ4n) is 2.27. The number of likely N-dealkylation sites (tertiary alicyclic amines) is 1. The first-order valence-corrected chi connectivity index (χ1v) is 7.31. The number of benzene rings is 1. The second kappa shape index (κ2) is 6.55. The van der Waals surface area contributed by atoms with Crippen LogP contribution in [0.15, 0.2) is 18.2 Å². The molecule has 1 aliphatic heterocycles. The summed E-state index contributed by atoms with van der Waals surface area (Å²) < 4.78 is 0. The molecule has 1 aromatic rings. The minimum Gasteiger partial charge on any atom is -0.396 e. The van der Waals surface area contributed by atoms with Gasteiger partial charge in [-0.15, -0.1) is 0 Å². The first kappa shape index (κ1) is 14.6. The predicted octanol–water partition coefficient (Wildman–Crippen LogP) is 3.05.